The van der Waals surface area contributed by atoms with Crippen molar-refractivity contribution in [2.24, 2.45) is 5.92 Å². The van der Waals surface area contributed by atoms with Crippen LogP contribution < -0.4 is 10.5 Å². The number of hydrogen-bond acceptors (Lipinski definition) is 3. The first kappa shape index (κ1) is 15.3. The number of sulfonamides is 1. The van der Waals surface area contributed by atoms with Gasteiger partial charge in [-0.3, -0.25) is 0 Å². The Labute approximate surface area is 119 Å². The van der Waals surface area contributed by atoms with Gasteiger partial charge in [-0.05, 0) is 37.0 Å². The summed E-state index contributed by atoms with van der Waals surface area (Å²) in [5.74, 6) is -0.0746. The van der Waals surface area contributed by atoms with Gasteiger partial charge in [0.05, 0.1) is 4.90 Å². The average Bonchev–Trinajstić information content (AvgIpc) is 2.37. The molecule has 1 aromatic carbocycles. The maximum atomic E-state index is 13.3. The predicted octanol–water partition coefficient (Wildman–Crippen LogP) is 2.66. The predicted molar refractivity (Wildman–Crippen MR) is 77.2 cm³/mol. The number of nitrogen functional groups attached to an aromatic ring is 1. The second-order valence-electron chi connectivity index (χ2n) is 5.48. The number of hydrogen-bond donors (Lipinski definition) is 2. The van der Waals surface area contributed by atoms with E-state index in [2.05, 4.69) is 11.6 Å². The van der Waals surface area contributed by atoms with E-state index in [1.165, 1.54) is 6.07 Å². The van der Waals surface area contributed by atoms with Crippen molar-refractivity contribution in [1.29, 1.82) is 0 Å². The van der Waals surface area contributed by atoms with Crippen LogP contribution in [0.5, 0.6) is 0 Å². The van der Waals surface area contributed by atoms with Crippen molar-refractivity contribution in [3.05, 3.63) is 24.0 Å². The SMILES string of the molecule is CCC1CCCC(NS(=O)(=O)c2cc(N)cc(F)c2)C1. The summed E-state index contributed by atoms with van der Waals surface area (Å²) in [5, 5.41) is 0. The summed E-state index contributed by atoms with van der Waals surface area (Å²) in [7, 11) is -3.71. The number of nitrogens with two attached hydrogens (primary N) is 1. The minimum atomic E-state index is -3.71. The molecule has 3 N–H and O–H groups in total. The lowest BCUT2D eigenvalue weighted by atomic mass is 9.85. The van der Waals surface area contributed by atoms with Gasteiger partial charge in [0, 0.05) is 11.7 Å². The quantitative estimate of drug-likeness (QED) is 0.840. The molecule has 2 atom stereocenters. The van der Waals surface area contributed by atoms with E-state index in [4.69, 9.17) is 5.73 Å². The van der Waals surface area contributed by atoms with E-state index in [0.717, 1.165) is 44.2 Å². The lowest BCUT2D eigenvalue weighted by Gasteiger charge is -2.28. The summed E-state index contributed by atoms with van der Waals surface area (Å²) in [6.45, 7) is 2.12. The third-order valence-electron chi connectivity index (χ3n) is 3.89. The highest BCUT2D eigenvalue weighted by Gasteiger charge is 2.26. The molecule has 0 bridgehead atoms. The fourth-order valence-electron chi connectivity index (χ4n) is 2.80. The number of halogens is 1. The molecular weight excluding hydrogens is 279 g/mol. The van der Waals surface area contributed by atoms with Crippen LogP contribution >= 0.6 is 0 Å². The molecule has 1 aliphatic carbocycles. The normalized spacial score (nSPS) is 23.7. The van der Waals surface area contributed by atoms with E-state index >= 15 is 0 Å². The van der Waals surface area contributed by atoms with Crippen molar-refractivity contribution >= 4 is 15.7 Å². The van der Waals surface area contributed by atoms with Crippen molar-refractivity contribution < 1.29 is 12.8 Å². The van der Waals surface area contributed by atoms with Crippen molar-refractivity contribution in [2.75, 3.05) is 5.73 Å². The van der Waals surface area contributed by atoms with E-state index in [9.17, 15) is 12.8 Å². The maximum Gasteiger partial charge on any atom is 0.240 e. The topological polar surface area (TPSA) is 72.2 Å². The molecule has 1 saturated carbocycles. The van der Waals surface area contributed by atoms with Gasteiger partial charge in [0.1, 0.15) is 5.82 Å². The van der Waals surface area contributed by atoms with Crippen molar-refractivity contribution in [2.45, 2.75) is 50.0 Å². The van der Waals surface area contributed by atoms with Gasteiger partial charge in [-0.15, -0.1) is 0 Å². The van der Waals surface area contributed by atoms with Crippen LogP contribution in [-0.2, 0) is 10.0 Å². The maximum absolute atomic E-state index is 13.3. The first-order valence-electron chi connectivity index (χ1n) is 6.99. The molecule has 0 amide bonds. The van der Waals surface area contributed by atoms with E-state index in [1.807, 2.05) is 0 Å². The lowest BCUT2D eigenvalue weighted by molar-refractivity contribution is 0.301. The largest absolute Gasteiger partial charge is 0.399 e. The Morgan fingerprint density at radius 2 is 2.10 bits per heavy atom. The van der Waals surface area contributed by atoms with E-state index < -0.39 is 15.8 Å². The molecule has 20 heavy (non-hydrogen) atoms. The molecule has 0 aliphatic heterocycles. The van der Waals surface area contributed by atoms with Gasteiger partial charge in [0.2, 0.25) is 10.0 Å². The molecule has 0 saturated heterocycles. The molecule has 0 aromatic heterocycles. The van der Waals surface area contributed by atoms with Crippen LogP contribution in [0.2, 0.25) is 0 Å². The number of rotatable bonds is 4. The first-order chi connectivity index (χ1) is 9.40. The fraction of sp³-hybridized carbons (Fsp3) is 0.571. The molecule has 6 heteroatoms. The van der Waals surface area contributed by atoms with Gasteiger partial charge in [0.25, 0.3) is 0 Å². The van der Waals surface area contributed by atoms with Crippen LogP contribution in [0.15, 0.2) is 23.1 Å². The fourth-order valence-corrected chi connectivity index (χ4v) is 4.14. The summed E-state index contributed by atoms with van der Waals surface area (Å²) in [6, 6.07) is 3.32. The van der Waals surface area contributed by atoms with E-state index in [1.54, 1.807) is 0 Å². The second kappa shape index (κ2) is 6.10. The standard InChI is InChI=1S/C14H21FN2O2S/c1-2-10-4-3-5-13(6-10)17-20(18,19)14-8-11(15)7-12(16)9-14/h7-10,13,17H,2-6,16H2,1H3. The van der Waals surface area contributed by atoms with Crippen LogP contribution in [0, 0.1) is 11.7 Å². The lowest BCUT2D eigenvalue weighted by Crippen LogP contribution is -2.38. The Hall–Kier alpha value is -1.14. The molecule has 0 spiro atoms. The van der Waals surface area contributed by atoms with Gasteiger partial charge in [0.15, 0.2) is 0 Å². The summed E-state index contributed by atoms with van der Waals surface area (Å²) < 4.78 is 40.5. The van der Waals surface area contributed by atoms with Crippen molar-refractivity contribution in [3.8, 4) is 0 Å². The third-order valence-corrected chi connectivity index (χ3v) is 5.39. The molecule has 112 valence electrons. The zero-order valence-electron chi connectivity index (χ0n) is 11.6. The van der Waals surface area contributed by atoms with Crippen molar-refractivity contribution in [1.82, 2.24) is 4.72 Å². The van der Waals surface area contributed by atoms with Crippen LogP contribution in [-0.4, -0.2) is 14.5 Å². The van der Waals surface area contributed by atoms with Gasteiger partial charge in [-0.25, -0.2) is 17.5 Å². The van der Waals surface area contributed by atoms with Gasteiger partial charge >= 0.3 is 0 Å². The molecule has 1 aliphatic rings. The Kier molecular flexibility index (Phi) is 4.65. The minimum absolute atomic E-state index is 0.0665. The Balaban J connectivity index is 2.14. The molecule has 2 unspecified atom stereocenters. The Bertz CT molecular complexity index is 554. The molecule has 1 aromatic rings. The van der Waals surface area contributed by atoms with Crippen molar-refractivity contribution in [3.63, 3.8) is 0 Å². The molecular formula is C14H21FN2O2S. The number of nitrogens with one attached hydrogen (secondary N) is 1. The van der Waals surface area contributed by atoms with Crippen LogP contribution in [0.3, 0.4) is 0 Å². The number of benzene rings is 1. The molecule has 2 rings (SSSR count). The Morgan fingerprint density at radius 1 is 1.35 bits per heavy atom. The van der Waals surface area contributed by atoms with Crippen LogP contribution in [0.4, 0.5) is 10.1 Å². The molecule has 0 radical (unpaired) electrons. The van der Waals surface area contributed by atoms with Crippen LogP contribution in [0.25, 0.3) is 0 Å². The van der Waals surface area contributed by atoms with Crippen LogP contribution in [0.1, 0.15) is 39.0 Å². The molecule has 4 nitrogen and oxygen atoms in total. The molecule has 1 fully saturated rings. The number of anilines is 1. The highest BCUT2D eigenvalue weighted by atomic mass is 32.2. The zero-order chi connectivity index (χ0) is 14.8. The summed E-state index contributed by atoms with van der Waals surface area (Å²) >= 11 is 0. The monoisotopic (exact) mass is 300 g/mol. The van der Waals surface area contributed by atoms with E-state index in [-0.39, 0.29) is 16.6 Å². The highest BCUT2D eigenvalue weighted by Crippen LogP contribution is 2.27. The highest BCUT2D eigenvalue weighted by molar-refractivity contribution is 7.89. The third kappa shape index (κ3) is 3.70. The minimum Gasteiger partial charge on any atom is -0.399 e. The smallest absolute Gasteiger partial charge is 0.240 e. The first-order valence-corrected chi connectivity index (χ1v) is 8.47. The molecule has 0 heterocycles. The second-order valence-corrected chi connectivity index (χ2v) is 7.19. The summed E-state index contributed by atoms with van der Waals surface area (Å²) in [6.07, 6.45) is 4.92. The van der Waals surface area contributed by atoms with Gasteiger partial charge in [-0.1, -0.05) is 26.2 Å². The summed E-state index contributed by atoms with van der Waals surface area (Å²) in [5.41, 5.74) is 5.61. The Morgan fingerprint density at radius 3 is 2.75 bits per heavy atom. The van der Waals surface area contributed by atoms with Gasteiger partial charge in [-0.2, -0.15) is 0 Å². The van der Waals surface area contributed by atoms with Gasteiger partial charge < -0.3 is 5.73 Å². The van der Waals surface area contributed by atoms with E-state index in [0.29, 0.717) is 5.92 Å². The average molecular weight is 300 g/mol. The summed E-state index contributed by atoms with van der Waals surface area (Å²) in [4.78, 5) is -0.103. The zero-order valence-corrected chi connectivity index (χ0v) is 12.4.